The molecule has 1 unspecified atom stereocenters. The summed E-state index contributed by atoms with van der Waals surface area (Å²) in [5, 5.41) is 22.9. The van der Waals surface area contributed by atoms with Crippen molar-refractivity contribution in [3.8, 4) is 5.75 Å². The zero-order valence-corrected chi connectivity index (χ0v) is 11.0. The van der Waals surface area contributed by atoms with Gasteiger partial charge in [-0.1, -0.05) is 19.8 Å². The van der Waals surface area contributed by atoms with Crippen LogP contribution < -0.4 is 5.32 Å². The quantitative estimate of drug-likeness (QED) is 0.611. The Bertz CT molecular complexity index is 474. The number of carbonyl (C=O) groups excluding carboxylic acids is 1. The summed E-state index contributed by atoms with van der Waals surface area (Å²) in [6.07, 6.45) is 2.81. The number of phenolic OH excluding ortho intramolecular Hbond substituents is 1. The molecule has 1 atom stereocenters. The molecule has 0 aliphatic rings. The normalized spacial score (nSPS) is 11.9. The second kappa shape index (κ2) is 6.72. The lowest BCUT2D eigenvalue weighted by molar-refractivity contribution is -0.385. The molecule has 2 N–H and O–H groups in total. The SMILES string of the molecule is CCCCC(C)NC(=O)c1cc(O)ccc1[N+](=O)[O-]. The van der Waals surface area contributed by atoms with Gasteiger partial charge in [0.05, 0.1) is 4.92 Å². The van der Waals surface area contributed by atoms with Gasteiger partial charge in [0.25, 0.3) is 11.6 Å². The van der Waals surface area contributed by atoms with Gasteiger partial charge in [-0.25, -0.2) is 0 Å². The number of nitro groups is 1. The number of nitrogens with zero attached hydrogens (tertiary/aromatic N) is 1. The number of carbonyl (C=O) groups is 1. The number of amides is 1. The fraction of sp³-hybridized carbons (Fsp3) is 0.462. The summed E-state index contributed by atoms with van der Waals surface area (Å²) in [5.41, 5.74) is -0.425. The molecule has 0 radical (unpaired) electrons. The molecule has 1 aromatic carbocycles. The van der Waals surface area contributed by atoms with Crippen LogP contribution in [0.4, 0.5) is 5.69 Å². The zero-order chi connectivity index (χ0) is 14.4. The van der Waals surface area contributed by atoms with E-state index in [0.717, 1.165) is 31.4 Å². The summed E-state index contributed by atoms with van der Waals surface area (Å²) in [4.78, 5) is 22.2. The number of rotatable bonds is 6. The molecule has 0 heterocycles. The highest BCUT2D eigenvalue weighted by atomic mass is 16.6. The Balaban J connectivity index is 2.86. The summed E-state index contributed by atoms with van der Waals surface area (Å²) in [7, 11) is 0. The van der Waals surface area contributed by atoms with E-state index in [9.17, 15) is 20.0 Å². The monoisotopic (exact) mass is 266 g/mol. The molecule has 0 saturated heterocycles. The van der Waals surface area contributed by atoms with E-state index in [-0.39, 0.29) is 23.0 Å². The molecule has 0 aliphatic heterocycles. The first-order valence-corrected chi connectivity index (χ1v) is 6.24. The van der Waals surface area contributed by atoms with Crippen LogP contribution in [0.1, 0.15) is 43.5 Å². The number of phenols is 1. The van der Waals surface area contributed by atoms with E-state index in [1.165, 1.54) is 6.07 Å². The first kappa shape index (κ1) is 14.9. The van der Waals surface area contributed by atoms with Crippen molar-refractivity contribution in [3.05, 3.63) is 33.9 Å². The van der Waals surface area contributed by atoms with Crippen LogP contribution in [0.5, 0.6) is 5.75 Å². The summed E-state index contributed by atoms with van der Waals surface area (Å²) >= 11 is 0. The second-order valence-electron chi connectivity index (χ2n) is 4.48. The minimum atomic E-state index is -0.634. The topological polar surface area (TPSA) is 92.5 Å². The van der Waals surface area contributed by atoms with Crippen LogP contribution in [0.3, 0.4) is 0 Å². The van der Waals surface area contributed by atoms with Gasteiger partial charge >= 0.3 is 0 Å². The number of nitro benzene ring substituents is 1. The molecule has 19 heavy (non-hydrogen) atoms. The first-order chi connectivity index (χ1) is 8.95. The maximum absolute atomic E-state index is 12.0. The molecule has 0 aliphatic carbocycles. The van der Waals surface area contributed by atoms with Crippen LogP contribution in [0.25, 0.3) is 0 Å². The van der Waals surface area contributed by atoms with Gasteiger partial charge in [-0.2, -0.15) is 0 Å². The van der Waals surface area contributed by atoms with E-state index in [0.29, 0.717) is 0 Å². The molecular weight excluding hydrogens is 248 g/mol. The van der Waals surface area contributed by atoms with Crippen molar-refractivity contribution in [1.29, 1.82) is 0 Å². The number of hydrogen-bond donors (Lipinski definition) is 2. The van der Waals surface area contributed by atoms with Crippen molar-refractivity contribution < 1.29 is 14.8 Å². The van der Waals surface area contributed by atoms with Gasteiger partial charge in [0.15, 0.2) is 0 Å². The standard InChI is InChI=1S/C13H18N2O4/c1-3-4-5-9(2)14-13(17)11-8-10(16)6-7-12(11)15(18)19/h6-9,16H,3-5H2,1-2H3,(H,14,17). The molecular formula is C13H18N2O4. The summed E-state index contributed by atoms with van der Waals surface area (Å²) in [6.45, 7) is 3.90. The molecule has 0 saturated carbocycles. The highest BCUT2D eigenvalue weighted by molar-refractivity contribution is 5.98. The van der Waals surface area contributed by atoms with Gasteiger partial charge < -0.3 is 10.4 Å². The molecule has 0 spiro atoms. The van der Waals surface area contributed by atoms with Crippen molar-refractivity contribution in [2.24, 2.45) is 0 Å². The molecule has 104 valence electrons. The van der Waals surface area contributed by atoms with Crippen LogP contribution in [0.15, 0.2) is 18.2 Å². The van der Waals surface area contributed by atoms with Crippen molar-refractivity contribution in [2.45, 2.75) is 39.2 Å². The van der Waals surface area contributed by atoms with E-state index >= 15 is 0 Å². The van der Waals surface area contributed by atoms with Crippen LogP contribution >= 0.6 is 0 Å². The summed E-state index contributed by atoms with van der Waals surface area (Å²) in [5.74, 6) is -0.705. The maximum atomic E-state index is 12.0. The molecule has 0 aromatic heterocycles. The Labute approximate surface area is 111 Å². The Morgan fingerprint density at radius 3 is 2.79 bits per heavy atom. The smallest absolute Gasteiger partial charge is 0.282 e. The lowest BCUT2D eigenvalue weighted by atomic mass is 10.1. The van der Waals surface area contributed by atoms with E-state index in [1.54, 1.807) is 0 Å². The minimum absolute atomic E-state index is 0.0607. The van der Waals surface area contributed by atoms with Gasteiger partial charge in [-0.15, -0.1) is 0 Å². The third-order valence-electron chi connectivity index (χ3n) is 2.79. The molecule has 1 aromatic rings. The van der Waals surface area contributed by atoms with E-state index in [1.807, 2.05) is 6.92 Å². The van der Waals surface area contributed by atoms with Gasteiger partial charge in [-0.3, -0.25) is 14.9 Å². The van der Waals surface area contributed by atoms with Crippen LogP contribution in [-0.4, -0.2) is 22.0 Å². The fourth-order valence-corrected chi connectivity index (χ4v) is 1.75. The van der Waals surface area contributed by atoms with Crippen molar-refractivity contribution in [2.75, 3.05) is 0 Å². The van der Waals surface area contributed by atoms with Gasteiger partial charge in [-0.05, 0) is 25.5 Å². The van der Waals surface area contributed by atoms with Gasteiger partial charge in [0, 0.05) is 12.1 Å². The van der Waals surface area contributed by atoms with E-state index in [4.69, 9.17) is 0 Å². The van der Waals surface area contributed by atoms with Crippen molar-refractivity contribution >= 4 is 11.6 Å². The Hall–Kier alpha value is -2.11. The molecule has 0 fully saturated rings. The minimum Gasteiger partial charge on any atom is -0.508 e. The van der Waals surface area contributed by atoms with E-state index < -0.39 is 10.8 Å². The third-order valence-corrected chi connectivity index (χ3v) is 2.79. The van der Waals surface area contributed by atoms with E-state index in [2.05, 4.69) is 12.2 Å². The molecule has 6 nitrogen and oxygen atoms in total. The van der Waals surface area contributed by atoms with Crippen LogP contribution in [-0.2, 0) is 0 Å². The lowest BCUT2D eigenvalue weighted by Gasteiger charge is -2.13. The fourth-order valence-electron chi connectivity index (χ4n) is 1.75. The molecule has 6 heteroatoms. The number of unbranched alkanes of at least 4 members (excludes halogenated alkanes) is 1. The van der Waals surface area contributed by atoms with Gasteiger partial charge in [0.1, 0.15) is 11.3 Å². The number of hydrogen-bond acceptors (Lipinski definition) is 4. The molecule has 1 amide bonds. The second-order valence-corrected chi connectivity index (χ2v) is 4.48. The zero-order valence-electron chi connectivity index (χ0n) is 11.0. The highest BCUT2D eigenvalue weighted by Crippen LogP contribution is 2.23. The largest absolute Gasteiger partial charge is 0.508 e. The molecule has 0 bridgehead atoms. The van der Waals surface area contributed by atoms with Crippen molar-refractivity contribution in [3.63, 3.8) is 0 Å². The predicted molar refractivity (Wildman–Crippen MR) is 71.2 cm³/mol. The van der Waals surface area contributed by atoms with Crippen LogP contribution in [0, 0.1) is 10.1 Å². The number of nitrogens with one attached hydrogen (secondary N) is 1. The average molecular weight is 266 g/mol. The van der Waals surface area contributed by atoms with Gasteiger partial charge in [0.2, 0.25) is 0 Å². The predicted octanol–water partition coefficient (Wildman–Crippen LogP) is 2.61. The summed E-state index contributed by atoms with van der Waals surface area (Å²) < 4.78 is 0. The third kappa shape index (κ3) is 4.24. The average Bonchev–Trinajstić information content (AvgIpc) is 2.35. The highest BCUT2D eigenvalue weighted by Gasteiger charge is 2.21. The first-order valence-electron chi connectivity index (χ1n) is 6.24. The van der Waals surface area contributed by atoms with Crippen molar-refractivity contribution in [1.82, 2.24) is 5.32 Å². The Kier molecular flexibility index (Phi) is 5.29. The number of aromatic hydroxyl groups is 1. The Morgan fingerprint density at radius 2 is 2.21 bits per heavy atom. The Morgan fingerprint density at radius 1 is 1.53 bits per heavy atom. The lowest BCUT2D eigenvalue weighted by Crippen LogP contribution is -2.32. The molecule has 1 rings (SSSR count). The maximum Gasteiger partial charge on any atom is 0.282 e. The summed E-state index contributed by atoms with van der Waals surface area (Å²) in [6, 6.07) is 3.37. The van der Waals surface area contributed by atoms with Crippen LogP contribution in [0.2, 0.25) is 0 Å². The number of benzene rings is 1.